The zero-order valence-electron chi connectivity index (χ0n) is 21.8. The molecule has 5 heteroatoms. The van der Waals surface area contributed by atoms with Crippen molar-refractivity contribution in [2.24, 2.45) is 5.92 Å². The first-order chi connectivity index (χ1) is 18.0. The molecule has 188 valence electrons. The summed E-state index contributed by atoms with van der Waals surface area (Å²) in [6.45, 7) is 7.58. The van der Waals surface area contributed by atoms with Gasteiger partial charge in [-0.2, -0.15) is 0 Å². The molecular formula is C32H33N3O2. The fraction of sp³-hybridized carbons (Fsp3) is 0.312. The van der Waals surface area contributed by atoms with Crippen LogP contribution in [0.1, 0.15) is 52.0 Å². The second-order valence-electron chi connectivity index (χ2n) is 10.4. The smallest absolute Gasteiger partial charge is 0.273 e. The number of nitro benzene ring substituents is 1. The predicted octanol–water partition coefficient (Wildman–Crippen LogP) is 9.27. The summed E-state index contributed by atoms with van der Waals surface area (Å²) in [5.74, 6) is 0.687. The molecular weight excluding hydrogens is 458 g/mol. The number of nitrogens with zero attached hydrogens (tertiary/aromatic N) is 2. The molecule has 2 aromatic heterocycles. The highest BCUT2D eigenvalue weighted by Crippen LogP contribution is 2.43. The van der Waals surface area contributed by atoms with Crippen molar-refractivity contribution >= 4 is 60.1 Å². The molecule has 0 fully saturated rings. The van der Waals surface area contributed by atoms with Gasteiger partial charge in [-0.1, -0.05) is 63.4 Å². The normalized spacial score (nSPS) is 12.9. The third-order valence-corrected chi connectivity index (χ3v) is 8.31. The van der Waals surface area contributed by atoms with Crippen LogP contribution in [0.5, 0.6) is 0 Å². The number of unbranched alkanes of at least 4 members (excludes halogenated alkanes) is 1. The molecule has 0 amide bonds. The van der Waals surface area contributed by atoms with Crippen molar-refractivity contribution in [1.82, 2.24) is 9.55 Å². The van der Waals surface area contributed by atoms with Crippen LogP contribution in [-0.2, 0) is 13.0 Å². The van der Waals surface area contributed by atoms with Crippen LogP contribution in [0.3, 0.4) is 0 Å². The number of aromatic nitrogens is 2. The second kappa shape index (κ2) is 9.22. The molecule has 5 nitrogen and oxygen atoms in total. The van der Waals surface area contributed by atoms with Crippen LogP contribution in [0.4, 0.5) is 5.69 Å². The van der Waals surface area contributed by atoms with E-state index in [1.54, 1.807) is 6.07 Å². The first kappa shape index (κ1) is 23.5. The van der Waals surface area contributed by atoms with Crippen molar-refractivity contribution in [2.75, 3.05) is 0 Å². The Balaban J connectivity index is 1.70. The van der Waals surface area contributed by atoms with Gasteiger partial charge in [0.2, 0.25) is 0 Å². The van der Waals surface area contributed by atoms with E-state index in [-0.39, 0.29) is 10.6 Å². The zero-order valence-corrected chi connectivity index (χ0v) is 21.8. The van der Waals surface area contributed by atoms with E-state index in [2.05, 4.69) is 78.9 Å². The van der Waals surface area contributed by atoms with E-state index in [4.69, 9.17) is 0 Å². The highest BCUT2D eigenvalue weighted by Gasteiger charge is 2.23. The Kier molecular flexibility index (Phi) is 5.86. The Hall–Kier alpha value is -3.86. The van der Waals surface area contributed by atoms with Crippen molar-refractivity contribution < 1.29 is 4.92 Å². The topological polar surface area (TPSA) is 63.9 Å². The quantitative estimate of drug-likeness (QED) is 0.131. The van der Waals surface area contributed by atoms with Gasteiger partial charge in [-0.3, -0.25) is 10.1 Å². The predicted molar refractivity (Wildman–Crippen MR) is 156 cm³/mol. The van der Waals surface area contributed by atoms with E-state index in [0.29, 0.717) is 12.3 Å². The van der Waals surface area contributed by atoms with Crippen molar-refractivity contribution in [3.8, 4) is 0 Å². The number of aromatic amines is 1. The molecule has 0 aliphatic carbocycles. The summed E-state index contributed by atoms with van der Waals surface area (Å²) in [5, 5.41) is 19.1. The van der Waals surface area contributed by atoms with Crippen molar-refractivity contribution in [3.05, 3.63) is 76.3 Å². The maximum absolute atomic E-state index is 12.2. The molecule has 6 aromatic rings. The number of aryl methyl sites for hydroxylation is 2. The van der Waals surface area contributed by atoms with Gasteiger partial charge in [0.25, 0.3) is 5.69 Å². The Morgan fingerprint density at radius 2 is 1.62 bits per heavy atom. The SMILES string of the molecule is CCC(C)CCCCc1c([N+](=O)[O-])ccc2[nH]c3ccc4ccc5c(c6ccccc6n5CC)c4c3c12. The monoisotopic (exact) mass is 491 g/mol. The summed E-state index contributed by atoms with van der Waals surface area (Å²) in [4.78, 5) is 15.6. The molecule has 0 radical (unpaired) electrons. The zero-order chi connectivity index (χ0) is 25.7. The Bertz CT molecular complexity index is 1810. The number of hydrogen-bond acceptors (Lipinski definition) is 2. The van der Waals surface area contributed by atoms with Crippen LogP contribution >= 0.6 is 0 Å². The number of H-pyrrole nitrogens is 1. The molecule has 1 N–H and O–H groups in total. The fourth-order valence-electron chi connectivity index (χ4n) is 6.25. The molecule has 6 rings (SSSR count). The fourth-order valence-corrected chi connectivity index (χ4v) is 6.25. The average Bonchev–Trinajstić information content (AvgIpc) is 3.46. The molecule has 0 saturated carbocycles. The Labute approximate surface area is 216 Å². The number of nitro groups is 1. The van der Waals surface area contributed by atoms with Gasteiger partial charge in [0.05, 0.1) is 4.92 Å². The molecule has 37 heavy (non-hydrogen) atoms. The van der Waals surface area contributed by atoms with Gasteiger partial charge < -0.3 is 9.55 Å². The maximum Gasteiger partial charge on any atom is 0.273 e. The average molecular weight is 492 g/mol. The van der Waals surface area contributed by atoms with Crippen LogP contribution in [0.25, 0.3) is 54.4 Å². The van der Waals surface area contributed by atoms with Crippen LogP contribution in [0, 0.1) is 16.0 Å². The van der Waals surface area contributed by atoms with Gasteiger partial charge in [0.15, 0.2) is 0 Å². The lowest BCUT2D eigenvalue weighted by molar-refractivity contribution is -0.385. The molecule has 2 heterocycles. The molecule has 0 spiro atoms. The summed E-state index contributed by atoms with van der Waals surface area (Å²) in [6, 6.07) is 20.9. The van der Waals surface area contributed by atoms with Crippen LogP contribution in [0.2, 0.25) is 0 Å². The summed E-state index contributed by atoms with van der Waals surface area (Å²) in [6.07, 6.45) is 5.08. The van der Waals surface area contributed by atoms with E-state index in [9.17, 15) is 10.1 Å². The van der Waals surface area contributed by atoms with Crippen molar-refractivity contribution in [2.45, 2.75) is 59.4 Å². The molecule has 1 atom stereocenters. The van der Waals surface area contributed by atoms with Crippen LogP contribution in [-0.4, -0.2) is 14.5 Å². The Morgan fingerprint density at radius 3 is 2.41 bits per heavy atom. The maximum atomic E-state index is 12.2. The summed E-state index contributed by atoms with van der Waals surface area (Å²) in [7, 11) is 0. The number of nitrogens with one attached hydrogen (secondary N) is 1. The van der Waals surface area contributed by atoms with Crippen molar-refractivity contribution in [3.63, 3.8) is 0 Å². The van der Waals surface area contributed by atoms with E-state index < -0.39 is 0 Å². The van der Waals surface area contributed by atoms with E-state index >= 15 is 0 Å². The second-order valence-corrected chi connectivity index (χ2v) is 10.4. The van der Waals surface area contributed by atoms with Gasteiger partial charge in [-0.05, 0) is 55.3 Å². The molecule has 0 bridgehead atoms. The van der Waals surface area contributed by atoms with E-state index in [1.165, 1.54) is 33.6 Å². The molecule has 0 aliphatic rings. The molecule has 0 saturated heterocycles. The standard InChI is InChI=1S/C32H33N3O2/c1-4-20(3)10-6-7-12-23-27(35(36)37)19-17-24-30(23)32-25(33-24)16-14-21-15-18-28-31(29(21)32)22-11-8-9-13-26(22)34(28)5-2/h8-9,11,13-20,33H,4-7,10,12H2,1-3H3. The molecule has 0 aliphatic heterocycles. The summed E-state index contributed by atoms with van der Waals surface area (Å²) in [5.41, 5.74) is 5.53. The largest absolute Gasteiger partial charge is 0.354 e. The number of para-hydroxylation sites is 1. The lowest BCUT2D eigenvalue weighted by atomic mass is 9.93. The first-order valence-electron chi connectivity index (χ1n) is 13.6. The minimum Gasteiger partial charge on any atom is -0.354 e. The highest BCUT2D eigenvalue weighted by molar-refractivity contribution is 6.32. The van der Waals surface area contributed by atoms with E-state index in [0.717, 1.165) is 58.6 Å². The van der Waals surface area contributed by atoms with Crippen molar-refractivity contribution in [1.29, 1.82) is 0 Å². The van der Waals surface area contributed by atoms with E-state index in [1.807, 2.05) is 6.07 Å². The Morgan fingerprint density at radius 1 is 0.865 bits per heavy atom. The summed E-state index contributed by atoms with van der Waals surface area (Å²) >= 11 is 0. The van der Waals surface area contributed by atoms with Gasteiger partial charge in [0.1, 0.15) is 0 Å². The number of hydrogen-bond donors (Lipinski definition) is 1. The highest BCUT2D eigenvalue weighted by atomic mass is 16.6. The third kappa shape index (κ3) is 3.67. The lowest BCUT2D eigenvalue weighted by Gasteiger charge is -2.10. The van der Waals surface area contributed by atoms with Gasteiger partial charge in [-0.15, -0.1) is 0 Å². The molecule has 4 aromatic carbocycles. The van der Waals surface area contributed by atoms with Gasteiger partial charge in [0, 0.05) is 67.2 Å². The first-order valence-corrected chi connectivity index (χ1v) is 13.6. The van der Waals surface area contributed by atoms with Gasteiger partial charge >= 0.3 is 0 Å². The minimum absolute atomic E-state index is 0.202. The van der Waals surface area contributed by atoms with Crippen LogP contribution < -0.4 is 0 Å². The molecule has 1 unspecified atom stereocenters. The summed E-state index contributed by atoms with van der Waals surface area (Å²) < 4.78 is 2.37. The van der Waals surface area contributed by atoms with Crippen LogP contribution in [0.15, 0.2) is 60.7 Å². The number of rotatable bonds is 8. The number of benzene rings is 4. The number of fused-ring (bicyclic) bond motifs is 9. The lowest BCUT2D eigenvalue weighted by Crippen LogP contribution is -1.98. The minimum atomic E-state index is -0.202. The van der Waals surface area contributed by atoms with Gasteiger partial charge in [-0.25, -0.2) is 0 Å². The third-order valence-electron chi connectivity index (χ3n) is 8.31.